The molecular formula is C22H24O5. The maximum Gasteiger partial charge on any atom is 0.139 e. The fraction of sp³-hybridized carbons (Fsp3) is 0.455. The SMILES string of the molecule is CCc1cc2c(cc1OCC1CO1)oc1cc(OCC3CO3)c(CC)cc12. The summed E-state index contributed by atoms with van der Waals surface area (Å²) in [6.45, 7) is 7.08. The number of ether oxygens (including phenoxy) is 4. The Morgan fingerprint density at radius 1 is 0.778 bits per heavy atom. The van der Waals surface area contributed by atoms with E-state index in [1.54, 1.807) is 0 Å². The molecule has 0 aliphatic carbocycles. The molecule has 5 rings (SSSR count). The van der Waals surface area contributed by atoms with E-state index in [4.69, 9.17) is 23.4 Å². The summed E-state index contributed by atoms with van der Waals surface area (Å²) < 4.78 is 28.6. The van der Waals surface area contributed by atoms with E-state index in [0.717, 1.165) is 59.5 Å². The first kappa shape index (κ1) is 16.9. The van der Waals surface area contributed by atoms with Crippen LogP contribution in [0.2, 0.25) is 0 Å². The van der Waals surface area contributed by atoms with Crippen LogP contribution in [-0.2, 0) is 22.3 Å². The molecule has 2 fully saturated rings. The summed E-state index contributed by atoms with van der Waals surface area (Å²) in [5.74, 6) is 1.77. The highest BCUT2D eigenvalue weighted by Crippen LogP contribution is 2.37. The van der Waals surface area contributed by atoms with E-state index in [9.17, 15) is 0 Å². The van der Waals surface area contributed by atoms with Crippen molar-refractivity contribution in [1.29, 1.82) is 0 Å². The van der Waals surface area contributed by atoms with E-state index in [-0.39, 0.29) is 12.2 Å². The number of benzene rings is 2. The van der Waals surface area contributed by atoms with Crippen LogP contribution in [0, 0.1) is 0 Å². The summed E-state index contributed by atoms with van der Waals surface area (Å²) in [5, 5.41) is 2.26. The van der Waals surface area contributed by atoms with Crippen molar-refractivity contribution in [2.45, 2.75) is 38.9 Å². The van der Waals surface area contributed by atoms with Crippen molar-refractivity contribution in [3.05, 3.63) is 35.4 Å². The monoisotopic (exact) mass is 368 g/mol. The van der Waals surface area contributed by atoms with E-state index in [0.29, 0.717) is 13.2 Å². The van der Waals surface area contributed by atoms with Gasteiger partial charge < -0.3 is 23.4 Å². The summed E-state index contributed by atoms with van der Waals surface area (Å²) in [7, 11) is 0. The minimum Gasteiger partial charge on any atom is -0.490 e. The van der Waals surface area contributed by atoms with Gasteiger partial charge in [0, 0.05) is 22.9 Å². The third kappa shape index (κ3) is 3.37. The standard InChI is InChI=1S/C22H24O5/c1-3-13-5-17-18-6-14(4-2)20(26-12-16-10-24-16)8-22(18)27-21(17)7-19(13)25-11-15-9-23-15/h5-8,15-16H,3-4,9-12H2,1-2H3. The van der Waals surface area contributed by atoms with Gasteiger partial charge >= 0.3 is 0 Å². The van der Waals surface area contributed by atoms with E-state index < -0.39 is 0 Å². The van der Waals surface area contributed by atoms with Crippen molar-refractivity contribution >= 4 is 21.9 Å². The quantitative estimate of drug-likeness (QED) is 0.556. The number of aryl methyl sites for hydroxylation is 2. The van der Waals surface area contributed by atoms with E-state index >= 15 is 0 Å². The number of fused-ring (bicyclic) bond motifs is 3. The van der Waals surface area contributed by atoms with Crippen molar-refractivity contribution in [2.75, 3.05) is 26.4 Å². The first-order valence-electron chi connectivity index (χ1n) is 9.76. The maximum atomic E-state index is 6.16. The molecule has 0 bridgehead atoms. The summed E-state index contributed by atoms with van der Waals surface area (Å²) in [6.07, 6.45) is 2.30. The van der Waals surface area contributed by atoms with E-state index in [2.05, 4.69) is 26.0 Å². The van der Waals surface area contributed by atoms with Gasteiger partial charge in [-0.3, -0.25) is 0 Å². The lowest BCUT2D eigenvalue weighted by atomic mass is 10.0. The molecule has 0 amide bonds. The van der Waals surface area contributed by atoms with Crippen LogP contribution in [0.15, 0.2) is 28.7 Å². The van der Waals surface area contributed by atoms with Crippen LogP contribution in [-0.4, -0.2) is 38.6 Å². The number of epoxide rings is 2. The number of hydrogen-bond acceptors (Lipinski definition) is 5. The minimum atomic E-state index is 0.239. The third-order valence-corrected chi connectivity index (χ3v) is 5.25. The number of furan rings is 1. The van der Waals surface area contributed by atoms with Gasteiger partial charge in [-0.15, -0.1) is 0 Å². The van der Waals surface area contributed by atoms with Gasteiger partial charge in [-0.1, -0.05) is 13.8 Å². The zero-order valence-electron chi connectivity index (χ0n) is 15.7. The normalized spacial score (nSPS) is 21.0. The van der Waals surface area contributed by atoms with Gasteiger partial charge in [0.2, 0.25) is 0 Å². The zero-order chi connectivity index (χ0) is 18.4. The summed E-state index contributed by atoms with van der Waals surface area (Å²) in [4.78, 5) is 0. The van der Waals surface area contributed by atoms with Crippen LogP contribution in [0.1, 0.15) is 25.0 Å². The molecule has 3 heterocycles. The molecule has 0 spiro atoms. The molecule has 0 saturated carbocycles. The minimum absolute atomic E-state index is 0.239. The maximum absolute atomic E-state index is 6.16. The van der Waals surface area contributed by atoms with Gasteiger partial charge in [0.25, 0.3) is 0 Å². The average molecular weight is 368 g/mol. The fourth-order valence-corrected chi connectivity index (χ4v) is 3.44. The van der Waals surface area contributed by atoms with Gasteiger partial charge in [-0.25, -0.2) is 0 Å². The molecule has 0 radical (unpaired) electrons. The molecule has 2 aromatic carbocycles. The van der Waals surface area contributed by atoms with E-state index in [1.165, 1.54) is 11.1 Å². The molecule has 2 aliphatic heterocycles. The largest absolute Gasteiger partial charge is 0.490 e. The first-order chi connectivity index (χ1) is 13.2. The van der Waals surface area contributed by atoms with Gasteiger partial charge in [0.05, 0.1) is 13.2 Å². The fourth-order valence-electron chi connectivity index (χ4n) is 3.44. The number of hydrogen-bond donors (Lipinski definition) is 0. The molecular weight excluding hydrogens is 344 g/mol. The lowest BCUT2D eigenvalue weighted by Crippen LogP contribution is -2.05. The molecule has 142 valence electrons. The third-order valence-electron chi connectivity index (χ3n) is 5.25. The molecule has 3 aromatic rings. The number of rotatable bonds is 8. The highest BCUT2D eigenvalue weighted by molar-refractivity contribution is 6.06. The first-order valence-corrected chi connectivity index (χ1v) is 9.76. The lowest BCUT2D eigenvalue weighted by molar-refractivity contribution is 0.261. The molecule has 5 heteroatoms. The second-order valence-corrected chi connectivity index (χ2v) is 7.25. The van der Waals surface area contributed by atoms with Crippen LogP contribution in [0.5, 0.6) is 11.5 Å². The predicted octanol–water partition coefficient (Wildman–Crippen LogP) is 4.27. The molecule has 2 aliphatic rings. The Morgan fingerprint density at radius 2 is 1.22 bits per heavy atom. The predicted molar refractivity (Wildman–Crippen MR) is 103 cm³/mol. The molecule has 2 unspecified atom stereocenters. The van der Waals surface area contributed by atoms with E-state index in [1.807, 2.05) is 12.1 Å². The highest BCUT2D eigenvalue weighted by Gasteiger charge is 2.25. The molecule has 1 aromatic heterocycles. The second-order valence-electron chi connectivity index (χ2n) is 7.25. The highest BCUT2D eigenvalue weighted by atomic mass is 16.6. The van der Waals surface area contributed by atoms with Gasteiger partial charge in [0.15, 0.2) is 0 Å². The Morgan fingerprint density at radius 3 is 1.59 bits per heavy atom. The van der Waals surface area contributed by atoms with Crippen LogP contribution < -0.4 is 9.47 Å². The molecule has 5 nitrogen and oxygen atoms in total. The van der Waals surface area contributed by atoms with Crippen molar-refractivity contribution in [1.82, 2.24) is 0 Å². The van der Waals surface area contributed by atoms with Gasteiger partial charge in [-0.2, -0.15) is 0 Å². The van der Waals surface area contributed by atoms with Crippen LogP contribution in [0.3, 0.4) is 0 Å². The topological polar surface area (TPSA) is 56.7 Å². The Kier molecular flexibility index (Phi) is 4.21. The zero-order valence-corrected chi connectivity index (χ0v) is 15.7. The Balaban J connectivity index is 1.55. The van der Waals surface area contributed by atoms with Crippen LogP contribution >= 0.6 is 0 Å². The van der Waals surface area contributed by atoms with Crippen molar-refractivity contribution in [3.8, 4) is 11.5 Å². The smallest absolute Gasteiger partial charge is 0.139 e. The Labute approximate surface area is 158 Å². The van der Waals surface area contributed by atoms with Crippen LogP contribution in [0.25, 0.3) is 21.9 Å². The second kappa shape index (κ2) is 6.73. The lowest BCUT2D eigenvalue weighted by Gasteiger charge is -2.10. The molecule has 27 heavy (non-hydrogen) atoms. The van der Waals surface area contributed by atoms with Crippen molar-refractivity contribution in [2.24, 2.45) is 0 Å². The summed E-state index contributed by atoms with van der Waals surface area (Å²) in [6, 6.07) is 8.42. The molecule has 2 atom stereocenters. The summed E-state index contributed by atoms with van der Waals surface area (Å²) in [5.41, 5.74) is 4.07. The Hall–Kier alpha value is -2.24. The van der Waals surface area contributed by atoms with Gasteiger partial charge in [-0.05, 0) is 36.1 Å². The van der Waals surface area contributed by atoms with Crippen molar-refractivity contribution < 1.29 is 23.4 Å². The van der Waals surface area contributed by atoms with Crippen molar-refractivity contribution in [3.63, 3.8) is 0 Å². The van der Waals surface area contributed by atoms with Crippen LogP contribution in [0.4, 0.5) is 0 Å². The molecule has 0 N–H and O–H groups in total. The molecule has 2 saturated heterocycles. The summed E-state index contributed by atoms with van der Waals surface area (Å²) >= 11 is 0. The van der Waals surface area contributed by atoms with Gasteiger partial charge in [0.1, 0.15) is 48.1 Å². The Bertz CT molecular complexity index is 903. The average Bonchev–Trinajstić information content (AvgIpc) is 3.60.